The molecule has 20 heavy (non-hydrogen) atoms. The van der Waals surface area contributed by atoms with Crippen LogP contribution in [0.15, 0.2) is 28.8 Å². The molecule has 2 aromatic rings. The van der Waals surface area contributed by atoms with Crippen molar-refractivity contribution in [2.24, 2.45) is 5.10 Å². The minimum Gasteiger partial charge on any atom is -0.505 e. The van der Waals surface area contributed by atoms with E-state index in [4.69, 9.17) is 0 Å². The van der Waals surface area contributed by atoms with E-state index in [-0.39, 0.29) is 18.3 Å². The molecule has 0 saturated carbocycles. The molecule has 6 nitrogen and oxygen atoms in total. The molecule has 0 spiro atoms. The molecule has 0 radical (unpaired) electrons. The summed E-state index contributed by atoms with van der Waals surface area (Å²) in [6.07, 6.45) is 2.75. The van der Waals surface area contributed by atoms with Gasteiger partial charge in [-0.3, -0.25) is 9.78 Å². The van der Waals surface area contributed by atoms with Gasteiger partial charge in [-0.05, 0) is 18.4 Å². The molecule has 0 aromatic carbocycles. The molecule has 2 heterocycles. The van der Waals surface area contributed by atoms with Crippen molar-refractivity contribution < 1.29 is 15.0 Å². The van der Waals surface area contributed by atoms with Gasteiger partial charge in [0.15, 0.2) is 0 Å². The van der Waals surface area contributed by atoms with Crippen molar-refractivity contribution in [3.05, 3.63) is 45.4 Å². The zero-order valence-electron chi connectivity index (χ0n) is 10.7. The highest BCUT2D eigenvalue weighted by molar-refractivity contribution is 7.12. The first-order chi connectivity index (χ1) is 9.63. The van der Waals surface area contributed by atoms with Gasteiger partial charge in [-0.25, -0.2) is 5.43 Å². The fourth-order valence-corrected chi connectivity index (χ4v) is 2.15. The van der Waals surface area contributed by atoms with Gasteiger partial charge in [0.05, 0.1) is 23.4 Å². The molecule has 104 valence electrons. The van der Waals surface area contributed by atoms with Crippen LogP contribution in [0, 0.1) is 6.92 Å². The summed E-state index contributed by atoms with van der Waals surface area (Å²) in [6, 6.07) is 3.45. The van der Waals surface area contributed by atoms with Crippen LogP contribution >= 0.6 is 11.3 Å². The van der Waals surface area contributed by atoms with Gasteiger partial charge in [0.25, 0.3) is 5.91 Å². The number of aromatic hydroxyl groups is 1. The van der Waals surface area contributed by atoms with E-state index in [2.05, 4.69) is 15.5 Å². The van der Waals surface area contributed by atoms with E-state index in [1.165, 1.54) is 23.7 Å². The van der Waals surface area contributed by atoms with Crippen LogP contribution in [-0.4, -0.2) is 27.3 Å². The smallest absolute Gasteiger partial charge is 0.281 e. The van der Waals surface area contributed by atoms with E-state index in [0.29, 0.717) is 21.7 Å². The lowest BCUT2D eigenvalue weighted by atomic mass is 10.1. The van der Waals surface area contributed by atoms with Crippen molar-refractivity contribution >= 4 is 23.5 Å². The number of aromatic nitrogens is 1. The number of aryl methyl sites for hydroxylation is 1. The maximum absolute atomic E-state index is 11.7. The van der Waals surface area contributed by atoms with E-state index < -0.39 is 0 Å². The molecule has 0 saturated heterocycles. The number of carbonyl (C=O) groups is 1. The predicted molar refractivity (Wildman–Crippen MR) is 75.9 cm³/mol. The summed E-state index contributed by atoms with van der Waals surface area (Å²) < 4.78 is 0. The SMILES string of the molecule is Cc1ncc(CO)c(C=NNC(=O)c2cccs2)c1O. The molecule has 0 aliphatic rings. The Hall–Kier alpha value is -2.25. The lowest BCUT2D eigenvalue weighted by molar-refractivity contribution is 0.0959. The van der Waals surface area contributed by atoms with E-state index in [1.54, 1.807) is 24.4 Å². The number of rotatable bonds is 4. The fourth-order valence-electron chi connectivity index (χ4n) is 1.54. The Bertz CT molecular complexity index is 639. The Kier molecular flexibility index (Phi) is 4.44. The van der Waals surface area contributed by atoms with Crippen LogP contribution in [0.5, 0.6) is 5.75 Å². The molecule has 0 fully saturated rings. The zero-order valence-corrected chi connectivity index (χ0v) is 11.5. The van der Waals surface area contributed by atoms with Crippen LogP contribution in [0.4, 0.5) is 0 Å². The molecule has 0 aliphatic heterocycles. The molecular formula is C13H13N3O3S. The second-order valence-corrected chi connectivity index (χ2v) is 4.91. The van der Waals surface area contributed by atoms with Gasteiger partial charge in [-0.15, -0.1) is 11.3 Å². The van der Waals surface area contributed by atoms with Crippen LogP contribution in [-0.2, 0) is 6.61 Å². The van der Waals surface area contributed by atoms with Gasteiger partial charge in [-0.1, -0.05) is 6.07 Å². The molecule has 7 heteroatoms. The second-order valence-electron chi connectivity index (χ2n) is 3.97. The molecule has 0 atom stereocenters. The second kappa shape index (κ2) is 6.27. The van der Waals surface area contributed by atoms with E-state index in [1.807, 2.05) is 0 Å². The van der Waals surface area contributed by atoms with Crippen LogP contribution < -0.4 is 5.43 Å². The lowest BCUT2D eigenvalue weighted by Crippen LogP contribution is -2.16. The maximum atomic E-state index is 11.7. The first-order valence-corrected chi connectivity index (χ1v) is 6.66. The van der Waals surface area contributed by atoms with Crippen molar-refractivity contribution in [1.29, 1.82) is 0 Å². The number of nitrogens with one attached hydrogen (secondary N) is 1. The van der Waals surface area contributed by atoms with Gasteiger partial charge in [0.2, 0.25) is 0 Å². The highest BCUT2D eigenvalue weighted by atomic mass is 32.1. The molecular weight excluding hydrogens is 278 g/mol. The molecule has 1 amide bonds. The van der Waals surface area contributed by atoms with E-state index in [0.717, 1.165) is 0 Å². The van der Waals surface area contributed by atoms with E-state index in [9.17, 15) is 15.0 Å². The third-order valence-electron chi connectivity index (χ3n) is 2.63. The summed E-state index contributed by atoms with van der Waals surface area (Å²) in [4.78, 5) is 16.1. The average molecular weight is 291 g/mol. The first-order valence-electron chi connectivity index (χ1n) is 5.78. The number of thiophene rings is 1. The summed E-state index contributed by atoms with van der Waals surface area (Å²) in [5.41, 5.74) is 3.56. The predicted octanol–water partition coefficient (Wildman–Crippen LogP) is 1.41. The molecule has 0 unspecified atom stereocenters. The summed E-state index contributed by atoms with van der Waals surface area (Å²) in [6.45, 7) is 1.36. The number of hydrogen-bond donors (Lipinski definition) is 3. The van der Waals surface area contributed by atoms with Gasteiger partial charge < -0.3 is 10.2 Å². The number of nitrogens with zero attached hydrogens (tertiary/aromatic N) is 2. The van der Waals surface area contributed by atoms with Gasteiger partial charge in [-0.2, -0.15) is 5.10 Å². The van der Waals surface area contributed by atoms with Crippen molar-refractivity contribution in [3.8, 4) is 5.75 Å². The number of hydrogen-bond acceptors (Lipinski definition) is 6. The molecule has 0 aliphatic carbocycles. The molecule has 2 rings (SSSR count). The number of carbonyl (C=O) groups excluding carboxylic acids is 1. The van der Waals surface area contributed by atoms with Crippen LogP contribution in [0.1, 0.15) is 26.5 Å². The number of pyridine rings is 1. The Labute approximate surface area is 119 Å². The van der Waals surface area contributed by atoms with Gasteiger partial charge in [0.1, 0.15) is 5.75 Å². The highest BCUT2D eigenvalue weighted by Gasteiger charge is 2.10. The molecule has 2 aromatic heterocycles. The Balaban J connectivity index is 2.15. The third-order valence-corrected chi connectivity index (χ3v) is 3.50. The highest BCUT2D eigenvalue weighted by Crippen LogP contribution is 2.21. The monoisotopic (exact) mass is 291 g/mol. The normalized spacial score (nSPS) is 10.9. The van der Waals surface area contributed by atoms with Gasteiger partial charge >= 0.3 is 0 Å². The van der Waals surface area contributed by atoms with Crippen LogP contribution in [0.2, 0.25) is 0 Å². The lowest BCUT2D eigenvalue weighted by Gasteiger charge is -2.06. The summed E-state index contributed by atoms with van der Waals surface area (Å²) in [7, 11) is 0. The van der Waals surface area contributed by atoms with Gasteiger partial charge in [0, 0.05) is 17.3 Å². The van der Waals surface area contributed by atoms with Crippen LogP contribution in [0.3, 0.4) is 0 Å². The van der Waals surface area contributed by atoms with Crippen molar-refractivity contribution in [1.82, 2.24) is 10.4 Å². The summed E-state index contributed by atoms with van der Waals surface area (Å²) >= 11 is 1.31. The standard InChI is InChI=1S/C13H13N3O3S/c1-8-12(18)10(9(7-17)5-14-8)6-15-16-13(19)11-3-2-4-20-11/h2-6,17-18H,7H2,1H3,(H,16,19). The quantitative estimate of drug-likeness (QED) is 0.586. The molecule has 0 bridgehead atoms. The van der Waals surface area contributed by atoms with Crippen molar-refractivity contribution in [2.75, 3.05) is 0 Å². The number of aliphatic hydroxyl groups excluding tert-OH is 1. The Morgan fingerprint density at radius 2 is 2.40 bits per heavy atom. The largest absolute Gasteiger partial charge is 0.505 e. The fraction of sp³-hybridized carbons (Fsp3) is 0.154. The Morgan fingerprint density at radius 3 is 3.05 bits per heavy atom. The zero-order chi connectivity index (χ0) is 14.5. The van der Waals surface area contributed by atoms with Crippen LogP contribution in [0.25, 0.3) is 0 Å². The Morgan fingerprint density at radius 1 is 1.60 bits per heavy atom. The summed E-state index contributed by atoms with van der Waals surface area (Å²) in [5, 5.41) is 24.7. The maximum Gasteiger partial charge on any atom is 0.281 e. The number of hydrazone groups is 1. The number of aliphatic hydroxyl groups is 1. The minimum absolute atomic E-state index is 0.0642. The molecule has 3 N–H and O–H groups in total. The van der Waals surface area contributed by atoms with Crippen molar-refractivity contribution in [3.63, 3.8) is 0 Å². The summed E-state index contributed by atoms with van der Waals surface area (Å²) in [5.74, 6) is -0.391. The number of amides is 1. The van der Waals surface area contributed by atoms with Crippen molar-refractivity contribution in [2.45, 2.75) is 13.5 Å². The first kappa shape index (κ1) is 14.2. The topological polar surface area (TPSA) is 94.8 Å². The third kappa shape index (κ3) is 3.01. The average Bonchev–Trinajstić information content (AvgIpc) is 2.97. The van der Waals surface area contributed by atoms with E-state index >= 15 is 0 Å². The minimum atomic E-state index is -0.327.